The van der Waals surface area contributed by atoms with E-state index in [0.717, 1.165) is 11.1 Å². The highest BCUT2D eigenvalue weighted by Gasteiger charge is 2.29. The molecule has 5 heteroatoms. The van der Waals surface area contributed by atoms with Gasteiger partial charge in [-0.2, -0.15) is 0 Å². The lowest BCUT2D eigenvalue weighted by molar-refractivity contribution is -0.124. The van der Waals surface area contributed by atoms with Gasteiger partial charge in [-0.15, -0.1) is 0 Å². The zero-order valence-electron chi connectivity index (χ0n) is 13.1. The Labute approximate surface area is 128 Å². The van der Waals surface area contributed by atoms with Crippen molar-refractivity contribution in [3.63, 3.8) is 0 Å². The molecule has 1 fully saturated rings. The Bertz CT molecular complexity index is 826. The molecule has 0 spiro atoms. The summed E-state index contributed by atoms with van der Waals surface area (Å²) in [5.41, 5.74) is 4.16. The maximum absolute atomic E-state index is 12.3. The van der Waals surface area contributed by atoms with E-state index in [1.54, 1.807) is 0 Å². The fraction of sp³-hybridized carbons (Fsp3) is 0.412. The highest BCUT2D eigenvalue weighted by atomic mass is 16.4. The minimum atomic E-state index is -0.538. The number of aryl methyl sites for hydroxylation is 1. The number of nitrogens with one attached hydrogen (secondary N) is 1. The second-order valence-corrected chi connectivity index (χ2v) is 6.22. The number of benzene rings is 1. The number of carbonyl (C=O) groups is 1. The molecule has 1 aromatic carbocycles. The molecule has 2 aromatic rings. The normalized spacial score (nSPS) is 19.0. The van der Waals surface area contributed by atoms with Gasteiger partial charge < -0.3 is 9.73 Å². The summed E-state index contributed by atoms with van der Waals surface area (Å²) < 4.78 is 6.84. The van der Waals surface area contributed by atoms with Crippen LogP contribution >= 0.6 is 0 Å². The van der Waals surface area contributed by atoms with Gasteiger partial charge in [0.05, 0.1) is 5.52 Å². The number of allylic oxidation sites excluding steroid dienone is 1. The molecule has 1 aliphatic heterocycles. The zero-order valence-corrected chi connectivity index (χ0v) is 13.1. The molecule has 116 valence electrons. The maximum Gasteiger partial charge on any atom is 0.420 e. The molecule has 22 heavy (non-hydrogen) atoms. The summed E-state index contributed by atoms with van der Waals surface area (Å²) in [4.78, 5) is 24.4. The average Bonchev–Trinajstić information content (AvgIpc) is 2.73. The van der Waals surface area contributed by atoms with Gasteiger partial charge in [0.15, 0.2) is 5.58 Å². The minimum absolute atomic E-state index is 0.202. The number of rotatable bonds is 2. The van der Waals surface area contributed by atoms with Gasteiger partial charge in [0.25, 0.3) is 0 Å². The van der Waals surface area contributed by atoms with Crippen molar-refractivity contribution in [2.75, 3.05) is 0 Å². The molecule has 1 unspecified atom stereocenters. The first-order valence-electron chi connectivity index (χ1n) is 7.52. The van der Waals surface area contributed by atoms with E-state index in [1.165, 1.54) is 4.57 Å². The fourth-order valence-electron chi connectivity index (χ4n) is 3.13. The Morgan fingerprint density at radius 3 is 2.73 bits per heavy atom. The van der Waals surface area contributed by atoms with Crippen LogP contribution in [0.15, 0.2) is 33.6 Å². The standard InChI is InChI=1S/C17H20N2O3/c1-9(2)12-8-15-14(7-10(12)3)19(17(21)22-15)13-6-5-11(4)18-16(13)20/h7-9,13H,4-6H2,1-3H3,(H,18,20). The van der Waals surface area contributed by atoms with Gasteiger partial charge >= 0.3 is 5.76 Å². The van der Waals surface area contributed by atoms with E-state index in [-0.39, 0.29) is 5.91 Å². The summed E-state index contributed by atoms with van der Waals surface area (Å²) in [5, 5.41) is 2.72. The summed E-state index contributed by atoms with van der Waals surface area (Å²) in [6.07, 6.45) is 1.22. The predicted molar refractivity (Wildman–Crippen MR) is 84.9 cm³/mol. The first kappa shape index (κ1) is 14.6. The third-order valence-electron chi connectivity index (χ3n) is 4.26. The lowest BCUT2D eigenvalue weighted by Crippen LogP contribution is -2.39. The molecule has 1 N–H and O–H groups in total. The Morgan fingerprint density at radius 2 is 2.09 bits per heavy atom. The van der Waals surface area contributed by atoms with Gasteiger partial charge in [0, 0.05) is 5.70 Å². The number of nitrogens with zero attached hydrogens (tertiary/aromatic N) is 1. The monoisotopic (exact) mass is 300 g/mol. The number of carbonyl (C=O) groups excluding carboxylic acids is 1. The zero-order chi connectivity index (χ0) is 16.0. The van der Waals surface area contributed by atoms with Crippen LogP contribution in [-0.2, 0) is 4.79 Å². The van der Waals surface area contributed by atoms with Crippen molar-refractivity contribution in [2.45, 2.75) is 45.6 Å². The van der Waals surface area contributed by atoms with Crippen molar-refractivity contribution in [2.24, 2.45) is 0 Å². The second-order valence-electron chi connectivity index (χ2n) is 6.22. The van der Waals surface area contributed by atoms with Crippen molar-refractivity contribution in [1.82, 2.24) is 9.88 Å². The maximum atomic E-state index is 12.3. The van der Waals surface area contributed by atoms with Gasteiger partial charge in [-0.1, -0.05) is 20.4 Å². The highest BCUT2D eigenvalue weighted by Crippen LogP contribution is 2.29. The third kappa shape index (κ3) is 2.26. The largest absolute Gasteiger partial charge is 0.420 e. The molecule has 0 bridgehead atoms. The number of fused-ring (bicyclic) bond motifs is 1. The third-order valence-corrected chi connectivity index (χ3v) is 4.26. The number of piperidine rings is 1. The van der Waals surface area contributed by atoms with Crippen LogP contribution in [0.5, 0.6) is 0 Å². The van der Waals surface area contributed by atoms with Crippen molar-refractivity contribution < 1.29 is 9.21 Å². The molecular formula is C17H20N2O3. The first-order chi connectivity index (χ1) is 10.4. The van der Waals surface area contributed by atoms with Gasteiger partial charge in [-0.05, 0) is 48.9 Å². The smallest absolute Gasteiger partial charge is 0.408 e. The molecule has 1 aromatic heterocycles. The molecule has 3 rings (SSSR count). The molecule has 2 heterocycles. The van der Waals surface area contributed by atoms with Crippen LogP contribution in [0.25, 0.3) is 11.1 Å². The van der Waals surface area contributed by atoms with E-state index in [0.29, 0.717) is 35.6 Å². The Balaban J connectivity index is 2.16. The van der Waals surface area contributed by atoms with Gasteiger partial charge in [-0.3, -0.25) is 9.36 Å². The van der Waals surface area contributed by atoms with Crippen molar-refractivity contribution in [3.05, 3.63) is 46.1 Å². The van der Waals surface area contributed by atoms with Crippen LogP contribution in [0.4, 0.5) is 0 Å². The lowest BCUT2D eigenvalue weighted by Gasteiger charge is -2.24. The molecule has 1 amide bonds. The quantitative estimate of drug-likeness (QED) is 0.927. The van der Waals surface area contributed by atoms with Crippen molar-refractivity contribution in [1.29, 1.82) is 0 Å². The summed E-state index contributed by atoms with van der Waals surface area (Å²) in [6, 6.07) is 3.31. The Hall–Kier alpha value is -2.30. The number of aromatic nitrogens is 1. The number of hydrogen-bond acceptors (Lipinski definition) is 3. The number of amides is 1. The SMILES string of the molecule is C=C1CCC(n2c(=O)oc3cc(C(C)C)c(C)cc32)C(=O)N1. The highest BCUT2D eigenvalue weighted by molar-refractivity contribution is 5.85. The van der Waals surface area contributed by atoms with E-state index in [1.807, 2.05) is 19.1 Å². The minimum Gasteiger partial charge on any atom is -0.408 e. The van der Waals surface area contributed by atoms with Gasteiger partial charge in [0.2, 0.25) is 5.91 Å². The summed E-state index contributed by atoms with van der Waals surface area (Å²) in [7, 11) is 0. The number of hydrogen-bond donors (Lipinski definition) is 1. The average molecular weight is 300 g/mol. The van der Waals surface area contributed by atoms with Crippen LogP contribution in [-0.4, -0.2) is 10.5 Å². The second kappa shape index (κ2) is 5.16. The van der Waals surface area contributed by atoms with E-state index >= 15 is 0 Å². The molecule has 0 saturated carbocycles. The molecule has 1 atom stereocenters. The summed E-state index contributed by atoms with van der Waals surface area (Å²) in [5.74, 6) is -0.339. The molecular weight excluding hydrogens is 280 g/mol. The van der Waals surface area contributed by atoms with Crippen molar-refractivity contribution >= 4 is 17.0 Å². The van der Waals surface area contributed by atoms with Gasteiger partial charge in [-0.25, -0.2) is 4.79 Å². The molecule has 1 aliphatic rings. The molecule has 1 saturated heterocycles. The summed E-state index contributed by atoms with van der Waals surface area (Å²) in [6.45, 7) is 9.98. The van der Waals surface area contributed by atoms with Crippen LogP contribution in [0.3, 0.4) is 0 Å². The Morgan fingerprint density at radius 1 is 1.36 bits per heavy atom. The molecule has 5 nitrogen and oxygen atoms in total. The van der Waals surface area contributed by atoms with Crippen LogP contribution in [0.2, 0.25) is 0 Å². The van der Waals surface area contributed by atoms with E-state index in [4.69, 9.17) is 4.42 Å². The van der Waals surface area contributed by atoms with E-state index < -0.39 is 11.8 Å². The Kier molecular flexibility index (Phi) is 3.43. The first-order valence-corrected chi connectivity index (χ1v) is 7.52. The van der Waals surface area contributed by atoms with Crippen LogP contribution in [0.1, 0.15) is 49.8 Å². The number of oxazole rings is 1. The summed E-state index contributed by atoms with van der Waals surface area (Å²) >= 11 is 0. The molecule has 0 aliphatic carbocycles. The lowest BCUT2D eigenvalue weighted by atomic mass is 9.97. The fourth-order valence-corrected chi connectivity index (χ4v) is 3.13. The van der Waals surface area contributed by atoms with Crippen molar-refractivity contribution in [3.8, 4) is 0 Å². The topological polar surface area (TPSA) is 64.2 Å². The van der Waals surface area contributed by atoms with Crippen LogP contribution < -0.4 is 11.1 Å². The molecule has 0 radical (unpaired) electrons. The van der Waals surface area contributed by atoms with Crippen LogP contribution in [0, 0.1) is 6.92 Å². The predicted octanol–water partition coefficient (Wildman–Crippen LogP) is 2.99. The van der Waals surface area contributed by atoms with Gasteiger partial charge in [0.1, 0.15) is 6.04 Å². The van der Waals surface area contributed by atoms with E-state index in [9.17, 15) is 9.59 Å². The van der Waals surface area contributed by atoms with E-state index in [2.05, 4.69) is 25.7 Å².